The Hall–Kier alpha value is -2.36. The molecule has 31 heavy (non-hydrogen) atoms. The molecule has 0 aliphatic heterocycles. The highest BCUT2D eigenvalue weighted by atomic mass is 35.5. The Morgan fingerprint density at radius 1 is 1.19 bits per heavy atom. The van der Waals surface area contributed by atoms with Gasteiger partial charge in [0.15, 0.2) is 0 Å². The predicted octanol–water partition coefficient (Wildman–Crippen LogP) is 5.63. The second-order valence-electron chi connectivity index (χ2n) is 7.45. The first kappa shape index (κ1) is 23.3. The summed E-state index contributed by atoms with van der Waals surface area (Å²) in [5.74, 6) is -6.52. The molecule has 0 radical (unpaired) electrons. The van der Waals surface area contributed by atoms with Crippen molar-refractivity contribution in [3.8, 4) is 0 Å². The normalized spacial score (nSPS) is 17.9. The van der Waals surface area contributed by atoms with Gasteiger partial charge in [-0.2, -0.15) is 13.2 Å². The van der Waals surface area contributed by atoms with E-state index in [0.717, 1.165) is 18.5 Å². The minimum atomic E-state index is -4.72. The van der Waals surface area contributed by atoms with Crippen LogP contribution in [0, 0.1) is 11.7 Å². The number of hydrogen-bond donors (Lipinski definition) is 1. The van der Waals surface area contributed by atoms with Crippen molar-refractivity contribution in [2.45, 2.75) is 43.7 Å². The zero-order valence-corrected chi connectivity index (χ0v) is 16.8. The predicted molar refractivity (Wildman–Crippen MR) is 100 cm³/mol. The number of carbonyl (C=O) groups excluding carboxylic acids is 1. The number of carbonyl (C=O) groups is 1. The second kappa shape index (κ2) is 9.02. The van der Waals surface area contributed by atoms with Crippen molar-refractivity contribution in [2.75, 3.05) is 6.54 Å². The Balaban J connectivity index is 1.80. The van der Waals surface area contributed by atoms with Crippen molar-refractivity contribution in [2.24, 2.45) is 5.92 Å². The van der Waals surface area contributed by atoms with E-state index in [2.05, 4.69) is 15.3 Å². The first-order valence-electron chi connectivity index (χ1n) is 9.47. The van der Waals surface area contributed by atoms with E-state index in [-0.39, 0.29) is 54.3 Å². The topological polar surface area (TPSA) is 54.9 Å². The molecule has 2 aromatic rings. The fraction of sp³-hybridized carbons (Fsp3) is 0.450. The maximum Gasteiger partial charge on any atom is 0.451 e. The van der Waals surface area contributed by atoms with Crippen LogP contribution in [0.3, 0.4) is 0 Å². The number of rotatable bonds is 5. The molecule has 11 heteroatoms. The van der Waals surface area contributed by atoms with E-state index < -0.39 is 35.6 Å². The lowest BCUT2D eigenvalue weighted by atomic mass is 9.76. The average molecular weight is 466 g/mol. The molecule has 0 saturated heterocycles. The number of nitrogens with zero attached hydrogens (tertiary/aromatic N) is 2. The van der Waals surface area contributed by atoms with Gasteiger partial charge in [0.05, 0.1) is 10.6 Å². The SMILES string of the molecule is O=C(NCC(c1cnc(C(F)(F)F)nc1)C1CCC(F)(F)CC1)c1cccc(F)c1Cl. The molecule has 1 aliphatic carbocycles. The van der Waals surface area contributed by atoms with Crippen molar-refractivity contribution in [1.29, 1.82) is 0 Å². The van der Waals surface area contributed by atoms with Crippen LogP contribution in [-0.2, 0) is 6.18 Å². The van der Waals surface area contributed by atoms with Crippen molar-refractivity contribution in [3.63, 3.8) is 0 Å². The van der Waals surface area contributed by atoms with Gasteiger partial charge in [-0.3, -0.25) is 4.79 Å². The Kier molecular flexibility index (Phi) is 6.78. The maximum absolute atomic E-state index is 13.6. The molecule has 4 nitrogen and oxygen atoms in total. The summed E-state index contributed by atoms with van der Waals surface area (Å²) in [5, 5.41) is 2.20. The number of alkyl halides is 5. The van der Waals surface area contributed by atoms with E-state index >= 15 is 0 Å². The number of hydrogen-bond acceptors (Lipinski definition) is 3. The van der Waals surface area contributed by atoms with Crippen LogP contribution in [0.1, 0.15) is 53.3 Å². The van der Waals surface area contributed by atoms with Crippen LogP contribution < -0.4 is 5.32 Å². The minimum Gasteiger partial charge on any atom is -0.351 e. The van der Waals surface area contributed by atoms with E-state index in [1.807, 2.05) is 0 Å². The molecule has 1 aliphatic rings. The van der Waals surface area contributed by atoms with Crippen LogP contribution in [0.5, 0.6) is 0 Å². The summed E-state index contributed by atoms with van der Waals surface area (Å²) in [7, 11) is 0. The standard InChI is InChI=1S/C20H18ClF6N3O/c21-16-13(2-1-3-15(16)22)17(31)28-10-14(11-4-6-19(23,24)7-5-11)12-8-29-18(30-9-12)20(25,26)27/h1-3,8-9,11,14H,4-7,10H2,(H,28,31). The number of aromatic nitrogens is 2. The third-order valence-electron chi connectivity index (χ3n) is 5.36. The van der Waals surface area contributed by atoms with E-state index in [1.54, 1.807) is 0 Å². The first-order chi connectivity index (χ1) is 14.5. The Bertz CT molecular complexity index is 926. The molecular weight excluding hydrogens is 448 g/mol. The molecule has 0 spiro atoms. The van der Waals surface area contributed by atoms with Crippen molar-refractivity contribution >= 4 is 17.5 Å². The zero-order valence-electron chi connectivity index (χ0n) is 16.0. The van der Waals surface area contributed by atoms with Crippen LogP contribution in [0.15, 0.2) is 30.6 Å². The Morgan fingerprint density at radius 3 is 2.39 bits per heavy atom. The van der Waals surface area contributed by atoms with E-state index in [4.69, 9.17) is 11.6 Å². The van der Waals surface area contributed by atoms with Gasteiger partial charge in [0, 0.05) is 37.7 Å². The highest BCUT2D eigenvalue weighted by molar-refractivity contribution is 6.34. The van der Waals surface area contributed by atoms with Gasteiger partial charge in [-0.05, 0) is 36.5 Å². The third-order valence-corrected chi connectivity index (χ3v) is 5.75. The van der Waals surface area contributed by atoms with Gasteiger partial charge in [0.25, 0.3) is 5.91 Å². The Labute approximate surface area is 179 Å². The summed E-state index contributed by atoms with van der Waals surface area (Å²) < 4.78 is 79.1. The van der Waals surface area contributed by atoms with E-state index in [9.17, 15) is 31.1 Å². The van der Waals surface area contributed by atoms with Crippen LogP contribution in [0.4, 0.5) is 26.3 Å². The number of halogens is 7. The molecule has 168 valence electrons. The molecule has 1 aromatic heterocycles. The third kappa shape index (κ3) is 5.66. The first-order valence-corrected chi connectivity index (χ1v) is 9.85. The Morgan fingerprint density at radius 2 is 1.81 bits per heavy atom. The van der Waals surface area contributed by atoms with Gasteiger partial charge in [0.1, 0.15) is 5.82 Å². The van der Waals surface area contributed by atoms with Crippen LogP contribution in [-0.4, -0.2) is 28.3 Å². The molecule has 1 atom stereocenters. The number of amides is 1. The molecule has 1 amide bonds. The van der Waals surface area contributed by atoms with Crippen molar-refractivity contribution in [3.05, 3.63) is 58.4 Å². The highest BCUT2D eigenvalue weighted by Crippen LogP contribution is 2.42. The van der Waals surface area contributed by atoms with E-state index in [0.29, 0.717) is 0 Å². The fourth-order valence-electron chi connectivity index (χ4n) is 3.67. The molecule has 1 unspecified atom stereocenters. The van der Waals surface area contributed by atoms with Gasteiger partial charge in [-0.25, -0.2) is 23.1 Å². The summed E-state index contributed by atoms with van der Waals surface area (Å²) >= 11 is 5.81. The molecule has 1 N–H and O–H groups in total. The monoisotopic (exact) mass is 465 g/mol. The largest absolute Gasteiger partial charge is 0.451 e. The minimum absolute atomic E-state index is 0.0867. The summed E-state index contributed by atoms with van der Waals surface area (Å²) in [6.45, 7) is -0.0867. The molecular formula is C20H18ClF6N3O. The smallest absolute Gasteiger partial charge is 0.351 e. The van der Waals surface area contributed by atoms with Crippen LogP contribution >= 0.6 is 11.6 Å². The van der Waals surface area contributed by atoms with Gasteiger partial charge in [0.2, 0.25) is 11.7 Å². The lowest BCUT2D eigenvalue weighted by molar-refractivity contribution is -0.145. The second-order valence-corrected chi connectivity index (χ2v) is 7.83. The molecule has 0 bridgehead atoms. The maximum atomic E-state index is 13.6. The average Bonchev–Trinajstić information content (AvgIpc) is 2.70. The summed E-state index contributed by atoms with van der Waals surface area (Å²) in [6.07, 6.45) is -3.21. The molecule has 1 fully saturated rings. The highest BCUT2D eigenvalue weighted by Gasteiger charge is 2.39. The summed E-state index contributed by atoms with van der Waals surface area (Å²) in [5.41, 5.74) is 0.174. The lowest BCUT2D eigenvalue weighted by Gasteiger charge is -2.34. The fourth-order valence-corrected chi connectivity index (χ4v) is 3.89. The molecule has 1 aromatic carbocycles. The summed E-state index contributed by atoms with van der Waals surface area (Å²) in [4.78, 5) is 19.1. The molecule has 1 saturated carbocycles. The van der Waals surface area contributed by atoms with Gasteiger partial charge in [-0.15, -0.1) is 0 Å². The zero-order chi connectivity index (χ0) is 22.8. The number of benzene rings is 1. The summed E-state index contributed by atoms with van der Waals surface area (Å²) in [6, 6.07) is 3.71. The van der Waals surface area contributed by atoms with Crippen LogP contribution in [0.25, 0.3) is 0 Å². The number of nitrogens with one attached hydrogen (secondary N) is 1. The van der Waals surface area contributed by atoms with Crippen molar-refractivity contribution < 1.29 is 31.1 Å². The van der Waals surface area contributed by atoms with E-state index in [1.165, 1.54) is 12.1 Å². The quantitative estimate of drug-likeness (QED) is 0.582. The van der Waals surface area contributed by atoms with Crippen LogP contribution in [0.2, 0.25) is 5.02 Å². The van der Waals surface area contributed by atoms with Gasteiger partial charge in [-0.1, -0.05) is 17.7 Å². The van der Waals surface area contributed by atoms with Gasteiger partial charge < -0.3 is 5.32 Å². The van der Waals surface area contributed by atoms with Crippen molar-refractivity contribution in [1.82, 2.24) is 15.3 Å². The van der Waals surface area contributed by atoms with Gasteiger partial charge >= 0.3 is 6.18 Å². The molecule has 1 heterocycles. The molecule has 3 rings (SSSR count). The lowest BCUT2D eigenvalue weighted by Crippen LogP contribution is -2.35.